The predicted molar refractivity (Wildman–Crippen MR) is 107 cm³/mol. The van der Waals surface area contributed by atoms with E-state index in [9.17, 15) is 19.2 Å². The molecule has 1 aromatic carbocycles. The summed E-state index contributed by atoms with van der Waals surface area (Å²) < 4.78 is 11.6. The molecule has 0 spiro atoms. The van der Waals surface area contributed by atoms with Crippen LogP contribution in [0.5, 0.6) is 0 Å². The first-order chi connectivity index (χ1) is 15.5. The molecular formula is C24H24N2O6. The van der Waals surface area contributed by atoms with Gasteiger partial charge in [-0.15, -0.1) is 0 Å². The molecule has 8 atom stereocenters. The van der Waals surface area contributed by atoms with Crippen LogP contribution in [-0.4, -0.2) is 57.8 Å². The van der Waals surface area contributed by atoms with E-state index in [1.807, 2.05) is 24.3 Å². The van der Waals surface area contributed by atoms with Gasteiger partial charge in [-0.1, -0.05) is 24.3 Å². The predicted octanol–water partition coefficient (Wildman–Crippen LogP) is 1.01. The van der Waals surface area contributed by atoms with Crippen molar-refractivity contribution in [3.05, 3.63) is 35.4 Å². The number of rotatable bonds is 4. The summed E-state index contributed by atoms with van der Waals surface area (Å²) in [7, 11) is 0. The Bertz CT molecular complexity index is 931. The van der Waals surface area contributed by atoms with E-state index < -0.39 is 0 Å². The number of imide groups is 2. The van der Waals surface area contributed by atoms with Crippen molar-refractivity contribution in [1.29, 1.82) is 0 Å². The Morgan fingerprint density at radius 3 is 1.22 bits per heavy atom. The van der Waals surface area contributed by atoms with Crippen LogP contribution < -0.4 is 0 Å². The van der Waals surface area contributed by atoms with Crippen LogP contribution in [0.25, 0.3) is 0 Å². The molecule has 6 aliphatic heterocycles. The Morgan fingerprint density at radius 2 is 0.906 bits per heavy atom. The second kappa shape index (κ2) is 6.48. The molecule has 4 bridgehead atoms. The lowest BCUT2D eigenvalue weighted by molar-refractivity contribution is -0.145. The lowest BCUT2D eigenvalue weighted by Crippen LogP contribution is -2.36. The van der Waals surface area contributed by atoms with Crippen molar-refractivity contribution in [2.75, 3.05) is 0 Å². The van der Waals surface area contributed by atoms with Crippen LogP contribution >= 0.6 is 0 Å². The average molecular weight is 436 g/mol. The number of hydrogen-bond acceptors (Lipinski definition) is 6. The fourth-order valence-corrected chi connectivity index (χ4v) is 7.07. The summed E-state index contributed by atoms with van der Waals surface area (Å²) in [6.07, 6.45) is 2.78. The van der Waals surface area contributed by atoms with Crippen molar-refractivity contribution in [2.24, 2.45) is 23.7 Å². The smallest absolute Gasteiger partial charge is 0.236 e. The van der Waals surface area contributed by atoms with Gasteiger partial charge in [0, 0.05) is 0 Å². The summed E-state index contributed by atoms with van der Waals surface area (Å²) >= 11 is 0. The molecule has 7 rings (SSSR count). The normalized spacial score (nSPS) is 41.4. The van der Waals surface area contributed by atoms with Crippen LogP contribution in [0.3, 0.4) is 0 Å². The summed E-state index contributed by atoms with van der Waals surface area (Å²) in [6.45, 7) is 0.329. The number of likely N-dealkylation sites (tertiary alicyclic amines) is 2. The molecule has 4 amide bonds. The minimum atomic E-state index is -0.356. The van der Waals surface area contributed by atoms with Crippen molar-refractivity contribution in [1.82, 2.24) is 9.80 Å². The second-order valence-corrected chi connectivity index (χ2v) is 9.98. The van der Waals surface area contributed by atoms with Crippen LogP contribution in [0, 0.1) is 23.7 Å². The maximum Gasteiger partial charge on any atom is 0.236 e. The molecule has 166 valence electrons. The average Bonchev–Trinajstić information content (AvgIpc) is 3.62. The minimum absolute atomic E-state index is 0.140. The van der Waals surface area contributed by atoms with Crippen LogP contribution in [0.4, 0.5) is 0 Å². The molecule has 8 heteroatoms. The molecule has 6 saturated heterocycles. The number of carbonyl (C=O) groups excluding carboxylic acids is 4. The molecular weight excluding hydrogens is 412 g/mol. The molecule has 32 heavy (non-hydrogen) atoms. The van der Waals surface area contributed by atoms with Gasteiger partial charge in [0.2, 0.25) is 23.6 Å². The second-order valence-electron chi connectivity index (χ2n) is 9.98. The van der Waals surface area contributed by atoms with E-state index in [0.29, 0.717) is 0 Å². The van der Waals surface area contributed by atoms with Gasteiger partial charge in [0.1, 0.15) is 0 Å². The van der Waals surface area contributed by atoms with E-state index >= 15 is 0 Å². The fourth-order valence-electron chi connectivity index (χ4n) is 7.07. The number of ether oxygens (including phenoxy) is 2. The summed E-state index contributed by atoms with van der Waals surface area (Å²) in [5.41, 5.74) is 1.58. The van der Waals surface area contributed by atoms with Gasteiger partial charge in [-0.25, -0.2) is 0 Å². The number of carbonyl (C=O) groups is 4. The lowest BCUT2D eigenvalue weighted by Gasteiger charge is -2.22. The number of nitrogens with zero attached hydrogens (tertiary/aromatic N) is 2. The molecule has 0 N–H and O–H groups in total. The lowest BCUT2D eigenvalue weighted by atomic mass is 9.81. The van der Waals surface area contributed by atoms with Crippen molar-refractivity contribution < 1.29 is 28.7 Å². The van der Waals surface area contributed by atoms with Gasteiger partial charge in [0.15, 0.2) is 0 Å². The van der Waals surface area contributed by atoms with Crippen LogP contribution in [-0.2, 0) is 41.7 Å². The molecule has 1 aromatic rings. The summed E-state index contributed by atoms with van der Waals surface area (Å²) in [4.78, 5) is 54.9. The molecule has 0 aliphatic carbocycles. The molecule has 6 fully saturated rings. The zero-order valence-corrected chi connectivity index (χ0v) is 17.5. The van der Waals surface area contributed by atoms with Crippen molar-refractivity contribution in [3.63, 3.8) is 0 Å². The van der Waals surface area contributed by atoms with Gasteiger partial charge in [0.05, 0.1) is 61.2 Å². The summed E-state index contributed by atoms with van der Waals surface area (Å²) in [5, 5.41) is 0. The zero-order chi connectivity index (χ0) is 21.7. The highest BCUT2D eigenvalue weighted by Crippen LogP contribution is 2.50. The Balaban J connectivity index is 1.14. The topological polar surface area (TPSA) is 93.2 Å². The Labute approximate surface area is 184 Å². The van der Waals surface area contributed by atoms with Crippen LogP contribution in [0.1, 0.15) is 36.8 Å². The number of fused-ring (bicyclic) bond motifs is 10. The SMILES string of the molecule is O=C1[C@@H]2[C@@H](C(=O)N1Cc1ccccc1CN1C(=O)[C@@H]3[C@H](C1=O)[C@@H]1CC[C@@H]3O1)[C@H]1CC[C@@H]2O1. The highest BCUT2D eigenvalue weighted by Gasteiger charge is 2.63. The molecule has 0 radical (unpaired) electrons. The van der Waals surface area contributed by atoms with Crippen LogP contribution in [0.15, 0.2) is 24.3 Å². The van der Waals surface area contributed by atoms with Gasteiger partial charge in [0.25, 0.3) is 0 Å². The minimum Gasteiger partial charge on any atom is -0.373 e. The zero-order valence-electron chi connectivity index (χ0n) is 17.5. The third-order valence-corrected chi connectivity index (χ3v) is 8.53. The van der Waals surface area contributed by atoms with E-state index in [1.165, 1.54) is 9.80 Å². The summed E-state index contributed by atoms with van der Waals surface area (Å²) in [6, 6.07) is 7.45. The monoisotopic (exact) mass is 436 g/mol. The van der Waals surface area contributed by atoms with E-state index in [0.717, 1.165) is 36.8 Å². The Kier molecular flexibility index (Phi) is 3.84. The largest absolute Gasteiger partial charge is 0.373 e. The standard InChI is InChI=1S/C24H24N2O6/c27-21-17-13-5-6-14(31-13)18(17)22(28)25(21)9-11-3-1-2-4-12(11)10-26-23(29)19-15-7-8-16(32-15)20(19)24(26)30/h1-4,13-20H,5-10H2/t13-,14-,15-,16+,17-,18+,19-,20-/m0/s1. The van der Waals surface area contributed by atoms with E-state index in [-0.39, 0.29) is 84.8 Å². The first kappa shape index (κ1) is 18.9. The molecule has 0 aromatic heterocycles. The molecule has 0 unspecified atom stereocenters. The first-order valence-corrected chi connectivity index (χ1v) is 11.6. The van der Waals surface area contributed by atoms with Gasteiger partial charge in [-0.05, 0) is 36.8 Å². The van der Waals surface area contributed by atoms with E-state index in [2.05, 4.69) is 0 Å². The van der Waals surface area contributed by atoms with Gasteiger partial charge in [-0.3, -0.25) is 29.0 Å². The Hall–Kier alpha value is -2.58. The van der Waals surface area contributed by atoms with Gasteiger partial charge in [-0.2, -0.15) is 0 Å². The van der Waals surface area contributed by atoms with E-state index in [4.69, 9.17) is 9.47 Å². The number of hydrogen-bond donors (Lipinski definition) is 0. The molecule has 8 nitrogen and oxygen atoms in total. The van der Waals surface area contributed by atoms with Gasteiger partial charge < -0.3 is 9.47 Å². The quantitative estimate of drug-likeness (QED) is 0.654. The van der Waals surface area contributed by atoms with Crippen molar-refractivity contribution in [3.8, 4) is 0 Å². The maximum absolute atomic E-state index is 13.1. The third kappa shape index (κ3) is 2.34. The van der Waals surface area contributed by atoms with Crippen LogP contribution in [0.2, 0.25) is 0 Å². The van der Waals surface area contributed by atoms with Crippen molar-refractivity contribution in [2.45, 2.75) is 63.2 Å². The van der Waals surface area contributed by atoms with Crippen molar-refractivity contribution >= 4 is 23.6 Å². The highest BCUT2D eigenvalue weighted by atomic mass is 16.5. The fraction of sp³-hybridized carbons (Fsp3) is 0.583. The molecule has 0 saturated carbocycles. The number of amides is 4. The molecule has 6 heterocycles. The first-order valence-electron chi connectivity index (χ1n) is 11.6. The number of benzene rings is 1. The van der Waals surface area contributed by atoms with Gasteiger partial charge >= 0.3 is 0 Å². The molecule has 6 aliphatic rings. The summed E-state index contributed by atoms with van der Waals surface area (Å²) in [5.74, 6) is -2.04. The highest BCUT2D eigenvalue weighted by molar-refractivity contribution is 6.07. The third-order valence-electron chi connectivity index (χ3n) is 8.53. The maximum atomic E-state index is 13.1. The Morgan fingerprint density at radius 1 is 0.594 bits per heavy atom. The van der Waals surface area contributed by atoms with E-state index in [1.54, 1.807) is 0 Å².